The minimum Gasteiger partial charge on any atom is -0.489 e. The van der Waals surface area contributed by atoms with Crippen molar-refractivity contribution in [3.05, 3.63) is 23.8 Å². The first-order valence-corrected chi connectivity index (χ1v) is 7.66. The molecule has 2 aliphatic rings. The molecule has 1 heterocycles. The van der Waals surface area contributed by atoms with Gasteiger partial charge in [-0.1, -0.05) is 6.07 Å². The molecule has 3 rings (SSSR count). The molecule has 114 valence electrons. The standard InChI is InChI=1S/C16H23N3O2/c1-11(19(2)12-6-7-12)10-18-16(20)13-4-3-5-14-15(13)21-9-8-17-14/h3-5,11-12,17H,6-10H2,1-2H3,(H,18,20). The molecule has 0 aromatic heterocycles. The Kier molecular flexibility index (Phi) is 4.01. The van der Waals surface area contributed by atoms with Gasteiger partial charge in [-0.3, -0.25) is 9.69 Å². The summed E-state index contributed by atoms with van der Waals surface area (Å²) in [5.74, 6) is 0.607. The molecule has 5 heteroatoms. The fourth-order valence-corrected chi connectivity index (χ4v) is 2.67. The molecular formula is C16H23N3O2. The van der Waals surface area contributed by atoms with Crippen molar-refractivity contribution in [3.8, 4) is 5.75 Å². The zero-order valence-corrected chi connectivity index (χ0v) is 12.7. The van der Waals surface area contributed by atoms with Crippen molar-refractivity contribution in [2.75, 3.05) is 32.1 Å². The molecule has 1 saturated carbocycles. The van der Waals surface area contributed by atoms with Gasteiger partial charge in [-0.2, -0.15) is 0 Å². The first-order valence-electron chi connectivity index (χ1n) is 7.66. The molecule has 0 bridgehead atoms. The predicted molar refractivity (Wildman–Crippen MR) is 83.0 cm³/mol. The molecule has 1 aliphatic carbocycles. The minimum atomic E-state index is -0.0633. The minimum absolute atomic E-state index is 0.0633. The number of hydrogen-bond acceptors (Lipinski definition) is 4. The largest absolute Gasteiger partial charge is 0.489 e. The Labute approximate surface area is 125 Å². The summed E-state index contributed by atoms with van der Waals surface area (Å²) in [6.45, 7) is 4.18. The van der Waals surface area contributed by atoms with Crippen LogP contribution in [0.15, 0.2) is 18.2 Å². The molecular weight excluding hydrogens is 266 g/mol. The summed E-state index contributed by atoms with van der Waals surface area (Å²) < 4.78 is 5.64. The van der Waals surface area contributed by atoms with Crippen LogP contribution >= 0.6 is 0 Å². The van der Waals surface area contributed by atoms with E-state index in [2.05, 4.69) is 29.5 Å². The van der Waals surface area contributed by atoms with Crippen LogP contribution < -0.4 is 15.4 Å². The predicted octanol–water partition coefficient (Wildman–Crippen LogP) is 1.70. The van der Waals surface area contributed by atoms with E-state index in [1.807, 2.05) is 18.2 Å². The lowest BCUT2D eigenvalue weighted by atomic mass is 10.1. The Morgan fingerprint density at radius 3 is 3.10 bits per heavy atom. The van der Waals surface area contributed by atoms with Gasteiger partial charge < -0.3 is 15.4 Å². The van der Waals surface area contributed by atoms with E-state index < -0.39 is 0 Å². The highest BCUT2D eigenvalue weighted by atomic mass is 16.5. The van der Waals surface area contributed by atoms with Crippen LogP contribution in [-0.4, -0.2) is 49.6 Å². The van der Waals surface area contributed by atoms with Crippen molar-refractivity contribution in [1.29, 1.82) is 0 Å². The number of rotatable bonds is 5. The van der Waals surface area contributed by atoms with Crippen molar-refractivity contribution < 1.29 is 9.53 Å². The van der Waals surface area contributed by atoms with Crippen LogP contribution in [0.5, 0.6) is 5.75 Å². The molecule has 1 amide bonds. The van der Waals surface area contributed by atoms with E-state index in [0.717, 1.165) is 12.2 Å². The SMILES string of the molecule is CC(CNC(=O)c1cccc2c1OCCN2)N(C)C1CC1. The zero-order chi connectivity index (χ0) is 14.8. The highest BCUT2D eigenvalue weighted by Gasteiger charge is 2.29. The number of amides is 1. The topological polar surface area (TPSA) is 53.6 Å². The number of anilines is 1. The maximum absolute atomic E-state index is 12.4. The molecule has 2 N–H and O–H groups in total. The first-order chi connectivity index (χ1) is 10.2. The van der Waals surface area contributed by atoms with E-state index in [0.29, 0.717) is 36.5 Å². The number of fused-ring (bicyclic) bond motifs is 1. The van der Waals surface area contributed by atoms with E-state index in [-0.39, 0.29) is 5.91 Å². The molecule has 1 fully saturated rings. The molecule has 0 spiro atoms. The number of nitrogens with zero attached hydrogens (tertiary/aromatic N) is 1. The maximum Gasteiger partial charge on any atom is 0.255 e. The first kappa shape index (κ1) is 14.2. The quantitative estimate of drug-likeness (QED) is 0.866. The average molecular weight is 289 g/mol. The Balaban J connectivity index is 1.62. The average Bonchev–Trinajstić information content (AvgIpc) is 3.35. The summed E-state index contributed by atoms with van der Waals surface area (Å²) in [6, 6.07) is 6.69. The van der Waals surface area contributed by atoms with Crippen LogP contribution in [-0.2, 0) is 0 Å². The van der Waals surface area contributed by atoms with E-state index >= 15 is 0 Å². The second-order valence-corrected chi connectivity index (χ2v) is 5.91. The third-order valence-electron chi connectivity index (χ3n) is 4.30. The van der Waals surface area contributed by atoms with Gasteiger partial charge in [0.15, 0.2) is 5.75 Å². The van der Waals surface area contributed by atoms with E-state index in [9.17, 15) is 4.79 Å². The number of para-hydroxylation sites is 1. The van der Waals surface area contributed by atoms with Gasteiger partial charge in [-0.05, 0) is 38.9 Å². The summed E-state index contributed by atoms with van der Waals surface area (Å²) >= 11 is 0. The molecule has 21 heavy (non-hydrogen) atoms. The Hall–Kier alpha value is -1.75. The Morgan fingerprint density at radius 1 is 1.52 bits per heavy atom. The number of hydrogen-bond donors (Lipinski definition) is 2. The summed E-state index contributed by atoms with van der Waals surface area (Å²) in [6.07, 6.45) is 2.56. The highest BCUT2D eigenvalue weighted by molar-refractivity contribution is 5.99. The third kappa shape index (κ3) is 3.13. The lowest BCUT2D eigenvalue weighted by Gasteiger charge is -2.25. The fraction of sp³-hybridized carbons (Fsp3) is 0.562. The zero-order valence-electron chi connectivity index (χ0n) is 12.7. The summed E-state index contributed by atoms with van der Waals surface area (Å²) in [4.78, 5) is 14.7. The molecule has 1 atom stereocenters. The number of benzene rings is 1. The molecule has 0 radical (unpaired) electrons. The second-order valence-electron chi connectivity index (χ2n) is 5.91. The second kappa shape index (κ2) is 5.93. The number of nitrogens with one attached hydrogen (secondary N) is 2. The van der Waals surface area contributed by atoms with Crippen molar-refractivity contribution in [2.45, 2.75) is 31.8 Å². The van der Waals surface area contributed by atoms with Gasteiger partial charge in [0.2, 0.25) is 0 Å². The van der Waals surface area contributed by atoms with Crippen molar-refractivity contribution >= 4 is 11.6 Å². The van der Waals surface area contributed by atoms with Gasteiger partial charge in [0.25, 0.3) is 5.91 Å². The van der Waals surface area contributed by atoms with Crippen LogP contribution in [0.3, 0.4) is 0 Å². The van der Waals surface area contributed by atoms with Gasteiger partial charge in [-0.25, -0.2) is 0 Å². The highest BCUT2D eigenvalue weighted by Crippen LogP contribution is 2.31. The summed E-state index contributed by atoms with van der Waals surface area (Å²) in [5, 5.41) is 6.27. The number of carbonyl (C=O) groups excluding carboxylic acids is 1. The van der Waals surface area contributed by atoms with Crippen LogP contribution in [0.25, 0.3) is 0 Å². The van der Waals surface area contributed by atoms with Crippen molar-refractivity contribution in [1.82, 2.24) is 10.2 Å². The van der Waals surface area contributed by atoms with Gasteiger partial charge in [0.1, 0.15) is 6.61 Å². The van der Waals surface area contributed by atoms with E-state index in [1.165, 1.54) is 12.8 Å². The number of carbonyl (C=O) groups is 1. The fourth-order valence-electron chi connectivity index (χ4n) is 2.67. The van der Waals surface area contributed by atoms with Crippen LogP contribution in [0, 0.1) is 0 Å². The van der Waals surface area contributed by atoms with Crippen molar-refractivity contribution in [3.63, 3.8) is 0 Å². The van der Waals surface area contributed by atoms with Gasteiger partial charge in [0, 0.05) is 25.2 Å². The number of likely N-dealkylation sites (N-methyl/N-ethyl adjacent to an activating group) is 1. The van der Waals surface area contributed by atoms with E-state index in [4.69, 9.17) is 4.74 Å². The molecule has 1 unspecified atom stereocenters. The lowest BCUT2D eigenvalue weighted by molar-refractivity contribution is 0.0935. The third-order valence-corrected chi connectivity index (χ3v) is 4.30. The van der Waals surface area contributed by atoms with E-state index in [1.54, 1.807) is 0 Å². The summed E-state index contributed by atoms with van der Waals surface area (Å²) in [7, 11) is 2.13. The maximum atomic E-state index is 12.4. The smallest absolute Gasteiger partial charge is 0.255 e. The van der Waals surface area contributed by atoms with Crippen LogP contribution in [0.1, 0.15) is 30.1 Å². The monoisotopic (exact) mass is 289 g/mol. The van der Waals surface area contributed by atoms with Gasteiger partial charge in [-0.15, -0.1) is 0 Å². The molecule has 5 nitrogen and oxygen atoms in total. The Bertz CT molecular complexity index is 528. The molecule has 1 aromatic carbocycles. The molecule has 1 aromatic rings. The normalized spacial score (nSPS) is 18.4. The molecule has 0 saturated heterocycles. The van der Waals surface area contributed by atoms with Crippen molar-refractivity contribution in [2.24, 2.45) is 0 Å². The van der Waals surface area contributed by atoms with Gasteiger partial charge >= 0.3 is 0 Å². The van der Waals surface area contributed by atoms with Crippen LogP contribution in [0.2, 0.25) is 0 Å². The summed E-state index contributed by atoms with van der Waals surface area (Å²) in [5.41, 5.74) is 1.51. The molecule has 1 aliphatic heterocycles. The van der Waals surface area contributed by atoms with Crippen LogP contribution in [0.4, 0.5) is 5.69 Å². The van der Waals surface area contributed by atoms with Gasteiger partial charge in [0.05, 0.1) is 11.3 Å². The lowest BCUT2D eigenvalue weighted by Crippen LogP contribution is -2.41. The Morgan fingerprint density at radius 2 is 2.33 bits per heavy atom. The number of ether oxygens (including phenoxy) is 1.